The normalized spacial score (nSPS) is 26.5. The second-order valence-corrected chi connectivity index (χ2v) is 9.22. The maximum absolute atomic E-state index is 13.7. The molecule has 5 atom stereocenters. The second-order valence-electron chi connectivity index (χ2n) is 9.22. The third kappa shape index (κ3) is 3.65. The molecule has 1 spiro atoms. The molecule has 0 aromatic heterocycles. The molecule has 36 heavy (non-hydrogen) atoms. The summed E-state index contributed by atoms with van der Waals surface area (Å²) in [5, 5.41) is 2.93. The summed E-state index contributed by atoms with van der Waals surface area (Å²) in [6, 6.07) is 10.8. The van der Waals surface area contributed by atoms with Crippen LogP contribution in [-0.4, -0.2) is 63.4 Å². The fourth-order valence-electron chi connectivity index (χ4n) is 5.60. The van der Waals surface area contributed by atoms with E-state index in [1.807, 2.05) is 43.3 Å². The zero-order valence-corrected chi connectivity index (χ0v) is 20.9. The highest BCUT2D eigenvalue weighted by Gasteiger charge is 2.67. The van der Waals surface area contributed by atoms with Gasteiger partial charge >= 0.3 is 0 Å². The van der Waals surface area contributed by atoms with Crippen LogP contribution in [0.2, 0.25) is 0 Å². The molecule has 2 fully saturated rings. The van der Waals surface area contributed by atoms with Gasteiger partial charge in [-0.15, -0.1) is 0 Å². The minimum absolute atomic E-state index is 0.0878. The number of carbonyl (C=O) groups is 2. The molecule has 2 bridgehead atoms. The van der Waals surface area contributed by atoms with E-state index in [0.717, 1.165) is 11.3 Å². The van der Waals surface area contributed by atoms with E-state index >= 15 is 0 Å². The second kappa shape index (κ2) is 9.05. The smallest absolute Gasteiger partial charge is 0.231 e. The number of hydrogen-bond donors (Lipinski definition) is 1. The minimum Gasteiger partial charge on any atom is -0.497 e. The summed E-state index contributed by atoms with van der Waals surface area (Å²) in [4.78, 5) is 29.1. The lowest BCUT2D eigenvalue weighted by molar-refractivity contribution is -0.137. The molecule has 2 amide bonds. The average Bonchev–Trinajstić information content (AvgIpc) is 3.55. The van der Waals surface area contributed by atoms with Crippen LogP contribution in [0.3, 0.4) is 0 Å². The third-order valence-corrected chi connectivity index (χ3v) is 7.43. The number of benzene rings is 2. The van der Waals surface area contributed by atoms with Crippen molar-refractivity contribution in [2.75, 3.05) is 40.3 Å². The Kier molecular flexibility index (Phi) is 6.04. The van der Waals surface area contributed by atoms with Gasteiger partial charge in [-0.05, 0) is 24.6 Å². The van der Waals surface area contributed by atoms with Gasteiger partial charge in [0, 0.05) is 17.8 Å². The predicted octanol–water partition coefficient (Wildman–Crippen LogP) is 3.20. The molecule has 0 saturated carbocycles. The summed E-state index contributed by atoms with van der Waals surface area (Å²) in [6.45, 7) is 2.38. The zero-order valence-electron chi connectivity index (χ0n) is 20.9. The van der Waals surface area contributed by atoms with Gasteiger partial charge in [-0.1, -0.05) is 24.3 Å². The van der Waals surface area contributed by atoms with E-state index in [-0.39, 0.29) is 17.9 Å². The van der Waals surface area contributed by atoms with Crippen LogP contribution < -0.4 is 24.3 Å². The van der Waals surface area contributed by atoms with E-state index in [2.05, 4.69) is 5.32 Å². The molecule has 9 heteroatoms. The molecule has 2 saturated heterocycles. The van der Waals surface area contributed by atoms with Gasteiger partial charge in [-0.25, -0.2) is 0 Å². The summed E-state index contributed by atoms with van der Waals surface area (Å²) >= 11 is 0. The van der Waals surface area contributed by atoms with Crippen LogP contribution in [0.4, 0.5) is 5.69 Å². The van der Waals surface area contributed by atoms with E-state index < -0.39 is 23.5 Å². The fourth-order valence-corrected chi connectivity index (χ4v) is 5.60. The highest BCUT2D eigenvalue weighted by Crippen LogP contribution is 2.53. The van der Waals surface area contributed by atoms with Crippen molar-refractivity contribution in [2.45, 2.75) is 24.7 Å². The number of ether oxygens (including phenoxy) is 5. The maximum atomic E-state index is 13.7. The molecular formula is C27H30N2O7. The lowest BCUT2D eigenvalue weighted by atomic mass is 9.76. The Hall–Kier alpha value is -3.72. The number of amides is 2. The van der Waals surface area contributed by atoms with E-state index in [9.17, 15) is 9.59 Å². The van der Waals surface area contributed by atoms with Crippen molar-refractivity contribution in [1.29, 1.82) is 0 Å². The first kappa shape index (κ1) is 24.0. The number of methoxy groups -OCH3 is 4. The highest BCUT2D eigenvalue weighted by molar-refractivity contribution is 5.99. The SMILES string of the molecule is COc1ccc([C@@H](C)N2C[C@]34C=C[C@H](O3)[C@@H](C(=O)Nc3cc(OC)c(OC)c(OC)c3)[C@@H]4C2=O)cc1. The first-order valence-corrected chi connectivity index (χ1v) is 11.8. The number of fused-ring (bicyclic) bond motifs is 1. The van der Waals surface area contributed by atoms with E-state index in [1.165, 1.54) is 21.3 Å². The summed E-state index contributed by atoms with van der Waals surface area (Å²) in [7, 11) is 6.15. The average molecular weight is 495 g/mol. The Bertz CT molecular complexity index is 1190. The van der Waals surface area contributed by atoms with Gasteiger partial charge in [-0.3, -0.25) is 9.59 Å². The molecule has 3 heterocycles. The standard InChI is InChI=1S/C27H30N2O7/c1-15(16-6-8-18(32-2)9-7-16)29-14-27-11-10-19(36-27)22(23(27)26(29)31)25(30)28-17-12-20(33-3)24(35-5)21(13-17)34-4/h6-13,15,19,22-23H,14H2,1-5H3,(H,28,30)/t15-,19+,22-,23-,27+/m1/s1. The zero-order chi connectivity index (χ0) is 25.6. The Morgan fingerprint density at radius 3 is 2.31 bits per heavy atom. The number of anilines is 1. The van der Waals surface area contributed by atoms with Gasteiger partial charge in [0.2, 0.25) is 17.6 Å². The molecular weight excluding hydrogens is 464 g/mol. The molecule has 5 rings (SSSR count). The third-order valence-electron chi connectivity index (χ3n) is 7.43. The van der Waals surface area contributed by atoms with E-state index in [1.54, 1.807) is 24.1 Å². The molecule has 190 valence electrons. The highest BCUT2D eigenvalue weighted by atomic mass is 16.5. The van der Waals surface area contributed by atoms with Crippen LogP contribution >= 0.6 is 0 Å². The lowest BCUT2D eigenvalue weighted by Crippen LogP contribution is -2.41. The Morgan fingerprint density at radius 2 is 1.72 bits per heavy atom. The van der Waals surface area contributed by atoms with Crippen LogP contribution in [0.25, 0.3) is 0 Å². The Labute approximate surface area is 209 Å². The van der Waals surface area contributed by atoms with Crippen LogP contribution in [0.15, 0.2) is 48.6 Å². The molecule has 3 aliphatic rings. The van der Waals surface area contributed by atoms with Gasteiger partial charge in [0.25, 0.3) is 0 Å². The van der Waals surface area contributed by atoms with E-state index in [0.29, 0.717) is 29.5 Å². The molecule has 0 unspecified atom stereocenters. The fraction of sp³-hybridized carbons (Fsp3) is 0.407. The number of nitrogens with zero attached hydrogens (tertiary/aromatic N) is 1. The van der Waals surface area contributed by atoms with Gasteiger partial charge in [0.1, 0.15) is 11.4 Å². The summed E-state index contributed by atoms with van der Waals surface area (Å²) in [6.07, 6.45) is 3.38. The first-order valence-electron chi connectivity index (χ1n) is 11.8. The summed E-state index contributed by atoms with van der Waals surface area (Å²) in [5.74, 6) is 0.381. The van der Waals surface area contributed by atoms with Gasteiger partial charge < -0.3 is 33.9 Å². The van der Waals surface area contributed by atoms with Gasteiger partial charge in [0.15, 0.2) is 11.5 Å². The Morgan fingerprint density at radius 1 is 1.06 bits per heavy atom. The van der Waals surface area contributed by atoms with Crippen LogP contribution in [0.5, 0.6) is 23.0 Å². The number of likely N-dealkylation sites (tertiary alicyclic amines) is 1. The monoisotopic (exact) mass is 494 g/mol. The molecule has 0 radical (unpaired) electrons. The summed E-state index contributed by atoms with van der Waals surface area (Å²) < 4.78 is 27.7. The minimum atomic E-state index is -0.806. The van der Waals surface area contributed by atoms with Crippen LogP contribution in [0.1, 0.15) is 18.5 Å². The van der Waals surface area contributed by atoms with Crippen molar-refractivity contribution in [1.82, 2.24) is 4.90 Å². The number of carbonyl (C=O) groups excluding carboxylic acids is 2. The van der Waals surface area contributed by atoms with Crippen molar-refractivity contribution in [3.8, 4) is 23.0 Å². The molecule has 3 aliphatic heterocycles. The van der Waals surface area contributed by atoms with Crippen molar-refractivity contribution < 1.29 is 33.3 Å². The van der Waals surface area contributed by atoms with Gasteiger partial charge in [-0.2, -0.15) is 0 Å². The van der Waals surface area contributed by atoms with Crippen molar-refractivity contribution >= 4 is 17.5 Å². The van der Waals surface area contributed by atoms with Crippen molar-refractivity contribution in [3.05, 3.63) is 54.1 Å². The maximum Gasteiger partial charge on any atom is 0.231 e. The van der Waals surface area contributed by atoms with Gasteiger partial charge in [0.05, 0.1) is 59.0 Å². The quantitative estimate of drug-likeness (QED) is 0.563. The van der Waals surface area contributed by atoms with Crippen molar-refractivity contribution in [2.24, 2.45) is 11.8 Å². The Balaban J connectivity index is 1.39. The topological polar surface area (TPSA) is 95.6 Å². The van der Waals surface area contributed by atoms with E-state index in [4.69, 9.17) is 23.7 Å². The predicted molar refractivity (Wildman–Crippen MR) is 132 cm³/mol. The number of hydrogen-bond acceptors (Lipinski definition) is 7. The van der Waals surface area contributed by atoms with Crippen LogP contribution in [0, 0.1) is 11.8 Å². The molecule has 1 N–H and O–H groups in total. The summed E-state index contributed by atoms with van der Waals surface area (Å²) in [5.41, 5.74) is 0.654. The largest absolute Gasteiger partial charge is 0.497 e. The number of rotatable bonds is 8. The first-order chi connectivity index (χ1) is 17.4. The van der Waals surface area contributed by atoms with Crippen molar-refractivity contribution in [3.63, 3.8) is 0 Å². The lowest BCUT2D eigenvalue weighted by Gasteiger charge is -2.28. The molecule has 9 nitrogen and oxygen atoms in total. The molecule has 0 aliphatic carbocycles. The molecule has 2 aromatic carbocycles. The molecule has 2 aromatic rings. The number of nitrogens with one attached hydrogen (secondary N) is 1. The van der Waals surface area contributed by atoms with Crippen LogP contribution in [-0.2, 0) is 14.3 Å².